The molecule has 1 heterocycles. The predicted molar refractivity (Wildman–Crippen MR) is 112 cm³/mol. The van der Waals surface area contributed by atoms with E-state index in [0.717, 1.165) is 37.1 Å². The Hall–Kier alpha value is -2.62. The van der Waals surface area contributed by atoms with E-state index < -0.39 is 0 Å². The summed E-state index contributed by atoms with van der Waals surface area (Å²) in [5.41, 5.74) is 3.14. The predicted octanol–water partition coefficient (Wildman–Crippen LogP) is 4.16. The Morgan fingerprint density at radius 2 is 1.68 bits per heavy atom. The monoisotopic (exact) mass is 378 g/mol. The Bertz CT molecular complexity index is 778. The summed E-state index contributed by atoms with van der Waals surface area (Å²) in [5.74, 6) is 0.874. The number of carbonyl (C=O) groups is 2. The van der Waals surface area contributed by atoms with E-state index in [1.807, 2.05) is 54.3 Å². The molecule has 0 radical (unpaired) electrons. The van der Waals surface area contributed by atoms with E-state index in [4.69, 9.17) is 0 Å². The first-order valence-corrected chi connectivity index (χ1v) is 10.2. The average molecular weight is 379 g/mol. The number of hydrogen-bond donors (Lipinski definition) is 1. The zero-order valence-electron chi connectivity index (χ0n) is 16.9. The molecule has 4 nitrogen and oxygen atoms in total. The number of carbonyl (C=O) groups excluding carboxylic acids is 2. The number of nitrogens with zero attached hydrogens (tertiary/aromatic N) is 1. The molecule has 1 saturated heterocycles. The fraction of sp³-hybridized carbons (Fsp3) is 0.417. The van der Waals surface area contributed by atoms with E-state index >= 15 is 0 Å². The lowest BCUT2D eigenvalue weighted by Gasteiger charge is -2.32. The summed E-state index contributed by atoms with van der Waals surface area (Å²) in [5, 5.41) is 3.07. The molecule has 1 atom stereocenters. The van der Waals surface area contributed by atoms with Crippen molar-refractivity contribution in [2.24, 2.45) is 5.92 Å². The molecule has 0 aliphatic carbocycles. The molecule has 4 heteroatoms. The summed E-state index contributed by atoms with van der Waals surface area (Å²) < 4.78 is 0. The maximum Gasteiger partial charge on any atom is 0.253 e. The van der Waals surface area contributed by atoms with Crippen LogP contribution in [0.15, 0.2) is 54.6 Å². The minimum Gasteiger partial charge on any atom is -0.355 e. The molecule has 1 unspecified atom stereocenters. The smallest absolute Gasteiger partial charge is 0.253 e. The zero-order chi connectivity index (χ0) is 19.9. The van der Waals surface area contributed by atoms with E-state index in [0.29, 0.717) is 24.8 Å². The summed E-state index contributed by atoms with van der Waals surface area (Å²) >= 11 is 0. The first-order valence-electron chi connectivity index (χ1n) is 10.2. The quantitative estimate of drug-likeness (QED) is 0.821. The SMILES string of the molecule is Cc1ccc(C(=O)N2CCC(CC(=O)NCC(C)c3ccccc3)CC2)cc1. The molecule has 0 aromatic heterocycles. The first-order chi connectivity index (χ1) is 13.5. The van der Waals surface area contributed by atoms with Crippen molar-refractivity contribution >= 4 is 11.8 Å². The molecular weight excluding hydrogens is 348 g/mol. The molecule has 28 heavy (non-hydrogen) atoms. The summed E-state index contributed by atoms with van der Waals surface area (Å²) in [6, 6.07) is 18.0. The van der Waals surface area contributed by atoms with E-state index in [1.165, 1.54) is 5.56 Å². The van der Waals surface area contributed by atoms with Crippen LogP contribution in [-0.4, -0.2) is 36.3 Å². The molecule has 3 rings (SSSR count). The highest BCUT2D eigenvalue weighted by atomic mass is 16.2. The minimum atomic E-state index is 0.0968. The van der Waals surface area contributed by atoms with Crippen molar-refractivity contribution in [3.8, 4) is 0 Å². The molecule has 0 spiro atoms. The summed E-state index contributed by atoms with van der Waals surface area (Å²) in [7, 11) is 0. The van der Waals surface area contributed by atoms with Gasteiger partial charge in [0.15, 0.2) is 0 Å². The van der Waals surface area contributed by atoms with Gasteiger partial charge in [-0.3, -0.25) is 9.59 Å². The van der Waals surface area contributed by atoms with Gasteiger partial charge in [0.1, 0.15) is 0 Å². The van der Waals surface area contributed by atoms with Gasteiger partial charge in [0, 0.05) is 31.6 Å². The normalized spacial score (nSPS) is 15.9. The highest BCUT2D eigenvalue weighted by molar-refractivity contribution is 5.94. The number of aryl methyl sites for hydroxylation is 1. The number of amides is 2. The Kier molecular flexibility index (Phi) is 6.85. The van der Waals surface area contributed by atoms with Gasteiger partial charge in [-0.25, -0.2) is 0 Å². The van der Waals surface area contributed by atoms with Gasteiger partial charge in [-0.05, 0) is 49.3 Å². The van der Waals surface area contributed by atoms with E-state index in [1.54, 1.807) is 0 Å². The van der Waals surface area contributed by atoms with Gasteiger partial charge in [-0.1, -0.05) is 55.0 Å². The lowest BCUT2D eigenvalue weighted by Crippen LogP contribution is -2.40. The molecule has 1 N–H and O–H groups in total. The second-order valence-corrected chi connectivity index (χ2v) is 7.92. The fourth-order valence-electron chi connectivity index (χ4n) is 3.72. The van der Waals surface area contributed by atoms with Crippen LogP contribution in [0, 0.1) is 12.8 Å². The van der Waals surface area contributed by atoms with Crippen LogP contribution in [0.4, 0.5) is 0 Å². The molecule has 2 aromatic rings. The van der Waals surface area contributed by atoms with Gasteiger partial charge in [0.25, 0.3) is 5.91 Å². The Labute approximate surface area is 167 Å². The van der Waals surface area contributed by atoms with Gasteiger partial charge in [-0.15, -0.1) is 0 Å². The van der Waals surface area contributed by atoms with Crippen molar-refractivity contribution in [3.63, 3.8) is 0 Å². The number of likely N-dealkylation sites (tertiary alicyclic amines) is 1. The molecule has 0 bridgehead atoms. The van der Waals surface area contributed by atoms with Crippen LogP contribution in [0.2, 0.25) is 0 Å². The third kappa shape index (κ3) is 5.44. The highest BCUT2D eigenvalue weighted by Crippen LogP contribution is 2.22. The summed E-state index contributed by atoms with van der Waals surface area (Å²) in [6.45, 7) is 6.26. The van der Waals surface area contributed by atoms with Crippen LogP contribution in [0.25, 0.3) is 0 Å². The van der Waals surface area contributed by atoms with Crippen molar-refractivity contribution < 1.29 is 9.59 Å². The minimum absolute atomic E-state index is 0.0968. The molecule has 1 aliphatic heterocycles. The van der Waals surface area contributed by atoms with Crippen molar-refractivity contribution in [2.75, 3.05) is 19.6 Å². The molecule has 1 fully saturated rings. The van der Waals surface area contributed by atoms with Crippen molar-refractivity contribution in [1.29, 1.82) is 0 Å². The van der Waals surface area contributed by atoms with Crippen molar-refractivity contribution in [2.45, 2.75) is 39.0 Å². The van der Waals surface area contributed by atoms with Gasteiger partial charge < -0.3 is 10.2 Å². The molecule has 2 amide bonds. The third-order valence-corrected chi connectivity index (χ3v) is 5.65. The zero-order valence-corrected chi connectivity index (χ0v) is 16.9. The summed E-state index contributed by atoms with van der Waals surface area (Å²) in [4.78, 5) is 26.8. The number of nitrogens with one attached hydrogen (secondary N) is 1. The van der Waals surface area contributed by atoms with Crippen LogP contribution in [0.3, 0.4) is 0 Å². The van der Waals surface area contributed by atoms with Gasteiger partial charge in [0.2, 0.25) is 5.91 Å². The van der Waals surface area contributed by atoms with Gasteiger partial charge in [0.05, 0.1) is 0 Å². The second-order valence-electron chi connectivity index (χ2n) is 7.92. The average Bonchev–Trinajstić information content (AvgIpc) is 2.73. The molecule has 148 valence electrons. The van der Waals surface area contributed by atoms with Crippen LogP contribution < -0.4 is 5.32 Å². The van der Waals surface area contributed by atoms with E-state index in [2.05, 4.69) is 24.4 Å². The van der Waals surface area contributed by atoms with Crippen molar-refractivity contribution in [3.05, 3.63) is 71.3 Å². The number of piperidine rings is 1. The Balaban J connectivity index is 1.40. The maximum absolute atomic E-state index is 12.6. The van der Waals surface area contributed by atoms with Crippen LogP contribution >= 0.6 is 0 Å². The second kappa shape index (κ2) is 9.54. The number of hydrogen-bond acceptors (Lipinski definition) is 2. The summed E-state index contributed by atoms with van der Waals surface area (Å²) in [6.07, 6.45) is 2.33. The van der Waals surface area contributed by atoms with Crippen LogP contribution in [-0.2, 0) is 4.79 Å². The lowest BCUT2D eigenvalue weighted by molar-refractivity contribution is -0.122. The number of benzene rings is 2. The third-order valence-electron chi connectivity index (χ3n) is 5.65. The molecule has 2 aromatic carbocycles. The molecule has 1 aliphatic rings. The van der Waals surface area contributed by atoms with E-state index in [9.17, 15) is 9.59 Å². The van der Waals surface area contributed by atoms with Gasteiger partial charge >= 0.3 is 0 Å². The maximum atomic E-state index is 12.6. The van der Waals surface area contributed by atoms with Crippen LogP contribution in [0.1, 0.15) is 53.6 Å². The van der Waals surface area contributed by atoms with Crippen molar-refractivity contribution in [1.82, 2.24) is 10.2 Å². The van der Waals surface area contributed by atoms with E-state index in [-0.39, 0.29) is 11.8 Å². The lowest BCUT2D eigenvalue weighted by atomic mass is 9.92. The Morgan fingerprint density at radius 3 is 2.32 bits per heavy atom. The highest BCUT2D eigenvalue weighted by Gasteiger charge is 2.25. The molecular formula is C24H30N2O2. The fourth-order valence-corrected chi connectivity index (χ4v) is 3.72. The largest absolute Gasteiger partial charge is 0.355 e. The van der Waals surface area contributed by atoms with Gasteiger partial charge in [-0.2, -0.15) is 0 Å². The topological polar surface area (TPSA) is 49.4 Å². The van der Waals surface area contributed by atoms with Crippen LogP contribution in [0.5, 0.6) is 0 Å². The Morgan fingerprint density at radius 1 is 1.04 bits per heavy atom. The first kappa shape index (κ1) is 20.1. The molecule has 0 saturated carbocycles. The number of rotatable bonds is 6. The standard InChI is InChI=1S/C24H30N2O2/c1-18-8-10-22(11-9-18)24(28)26-14-12-20(13-15-26)16-23(27)25-17-19(2)21-6-4-3-5-7-21/h3-11,19-20H,12-17H2,1-2H3,(H,25,27).